The van der Waals surface area contributed by atoms with Gasteiger partial charge in [-0.15, -0.1) is 11.3 Å². The van der Waals surface area contributed by atoms with E-state index in [1.807, 2.05) is 39.0 Å². The molecule has 18 heavy (non-hydrogen) atoms. The lowest BCUT2D eigenvalue weighted by atomic mass is 10.1. The molecule has 0 bridgehead atoms. The molecule has 1 heterocycles. The summed E-state index contributed by atoms with van der Waals surface area (Å²) in [7, 11) is 0. The molecule has 96 valence electrons. The Hall–Kier alpha value is -1.39. The summed E-state index contributed by atoms with van der Waals surface area (Å²) in [6, 6.07) is 6.10. The highest BCUT2D eigenvalue weighted by Crippen LogP contribution is 2.25. The van der Waals surface area contributed by atoms with E-state index in [0.717, 1.165) is 32.5 Å². The average Bonchev–Trinajstić information content (AvgIpc) is 2.69. The maximum absolute atomic E-state index is 9.13. The first-order chi connectivity index (χ1) is 8.61. The summed E-state index contributed by atoms with van der Waals surface area (Å²) < 4.78 is 5.83. The Morgan fingerprint density at radius 3 is 2.44 bits per heavy atom. The third-order valence-electron chi connectivity index (χ3n) is 2.83. The van der Waals surface area contributed by atoms with Crippen molar-refractivity contribution in [3.05, 3.63) is 44.9 Å². The summed E-state index contributed by atoms with van der Waals surface area (Å²) in [6.07, 6.45) is 0. The first kappa shape index (κ1) is 13.1. The number of aliphatic hydroxyl groups excluding tert-OH is 1. The molecule has 0 aliphatic heterocycles. The summed E-state index contributed by atoms with van der Waals surface area (Å²) in [5, 5.41) is 10.0. The van der Waals surface area contributed by atoms with Crippen LogP contribution in [0.2, 0.25) is 0 Å². The van der Waals surface area contributed by atoms with Crippen molar-refractivity contribution < 1.29 is 9.84 Å². The summed E-state index contributed by atoms with van der Waals surface area (Å²) >= 11 is 1.50. The predicted molar refractivity (Wildman–Crippen MR) is 73.0 cm³/mol. The largest absolute Gasteiger partial charge is 0.486 e. The molecule has 1 N–H and O–H groups in total. The molecule has 2 rings (SSSR count). The summed E-state index contributed by atoms with van der Waals surface area (Å²) in [5.41, 5.74) is 3.15. The number of ether oxygens (including phenoxy) is 1. The van der Waals surface area contributed by atoms with Gasteiger partial charge >= 0.3 is 0 Å². The Bertz CT molecular complexity index is 528. The van der Waals surface area contributed by atoms with Crippen LogP contribution in [0.25, 0.3) is 0 Å². The van der Waals surface area contributed by atoms with Crippen LogP contribution in [-0.4, -0.2) is 10.1 Å². The molecule has 0 spiro atoms. The minimum atomic E-state index is 0.0485. The zero-order chi connectivity index (χ0) is 13.1. The molecule has 0 atom stereocenters. The Morgan fingerprint density at radius 2 is 1.89 bits per heavy atom. The number of hydrogen-bond acceptors (Lipinski definition) is 4. The molecule has 2 aromatic rings. The first-order valence-electron chi connectivity index (χ1n) is 5.87. The highest BCUT2D eigenvalue weighted by atomic mass is 32.1. The second kappa shape index (κ2) is 5.50. The van der Waals surface area contributed by atoms with Crippen molar-refractivity contribution in [2.24, 2.45) is 0 Å². The molecule has 0 saturated heterocycles. The lowest BCUT2D eigenvalue weighted by Crippen LogP contribution is -1.98. The van der Waals surface area contributed by atoms with Gasteiger partial charge in [-0.1, -0.05) is 18.2 Å². The number of para-hydroxylation sites is 1. The van der Waals surface area contributed by atoms with E-state index in [-0.39, 0.29) is 6.61 Å². The van der Waals surface area contributed by atoms with Crippen molar-refractivity contribution >= 4 is 11.3 Å². The van der Waals surface area contributed by atoms with Gasteiger partial charge < -0.3 is 9.84 Å². The fraction of sp³-hybridized carbons (Fsp3) is 0.357. The molecule has 1 aromatic heterocycles. The van der Waals surface area contributed by atoms with Crippen LogP contribution in [0.3, 0.4) is 0 Å². The smallest absolute Gasteiger partial charge is 0.140 e. The standard InChI is InChI=1S/C14H17NO2S/c1-9-5-4-6-10(2)14(9)17-8-13-15-11(3)12(7-16)18-13/h4-6,16H,7-8H2,1-3H3. The zero-order valence-electron chi connectivity index (χ0n) is 10.9. The third kappa shape index (κ3) is 2.71. The van der Waals surface area contributed by atoms with Gasteiger partial charge in [-0.25, -0.2) is 4.98 Å². The van der Waals surface area contributed by atoms with Crippen molar-refractivity contribution in [2.45, 2.75) is 34.0 Å². The molecule has 1 aromatic carbocycles. The van der Waals surface area contributed by atoms with E-state index in [9.17, 15) is 0 Å². The van der Waals surface area contributed by atoms with Crippen molar-refractivity contribution in [1.29, 1.82) is 0 Å². The molecule has 3 nitrogen and oxygen atoms in total. The van der Waals surface area contributed by atoms with Gasteiger partial charge in [0.15, 0.2) is 0 Å². The molecular formula is C14H17NO2S. The molecule has 0 unspecified atom stereocenters. The normalized spacial score (nSPS) is 10.7. The lowest BCUT2D eigenvalue weighted by Gasteiger charge is -2.10. The van der Waals surface area contributed by atoms with Crippen molar-refractivity contribution in [3.63, 3.8) is 0 Å². The maximum Gasteiger partial charge on any atom is 0.140 e. The average molecular weight is 263 g/mol. The van der Waals surface area contributed by atoms with E-state index in [1.54, 1.807) is 0 Å². The quantitative estimate of drug-likeness (QED) is 0.921. The van der Waals surface area contributed by atoms with Crippen LogP contribution in [-0.2, 0) is 13.2 Å². The monoisotopic (exact) mass is 263 g/mol. The van der Waals surface area contributed by atoms with Gasteiger partial charge in [0.05, 0.1) is 17.2 Å². The van der Waals surface area contributed by atoms with Crippen LogP contribution in [0.1, 0.15) is 26.7 Å². The summed E-state index contributed by atoms with van der Waals surface area (Å²) in [4.78, 5) is 5.30. The van der Waals surface area contributed by atoms with Gasteiger partial charge in [-0.3, -0.25) is 0 Å². The second-order valence-corrected chi connectivity index (χ2v) is 5.45. The van der Waals surface area contributed by atoms with Crippen molar-refractivity contribution in [2.75, 3.05) is 0 Å². The van der Waals surface area contributed by atoms with Crippen molar-refractivity contribution in [1.82, 2.24) is 4.98 Å². The maximum atomic E-state index is 9.13. The molecular weight excluding hydrogens is 246 g/mol. The lowest BCUT2D eigenvalue weighted by molar-refractivity contribution is 0.284. The van der Waals surface area contributed by atoms with Crippen molar-refractivity contribution in [3.8, 4) is 5.75 Å². The van der Waals surface area contributed by atoms with Gasteiger partial charge in [-0.05, 0) is 31.9 Å². The summed E-state index contributed by atoms with van der Waals surface area (Å²) in [6.45, 7) is 6.48. The number of aliphatic hydroxyl groups is 1. The number of benzene rings is 1. The minimum Gasteiger partial charge on any atom is -0.486 e. The number of thiazole rings is 1. The van der Waals surface area contributed by atoms with Gasteiger partial charge in [-0.2, -0.15) is 0 Å². The van der Waals surface area contributed by atoms with Gasteiger partial charge in [0.2, 0.25) is 0 Å². The second-order valence-electron chi connectivity index (χ2n) is 4.28. The van der Waals surface area contributed by atoms with E-state index in [2.05, 4.69) is 4.98 Å². The summed E-state index contributed by atoms with van der Waals surface area (Å²) in [5.74, 6) is 0.927. The van der Waals surface area contributed by atoms with Crippen LogP contribution in [0.4, 0.5) is 0 Å². The van der Waals surface area contributed by atoms with E-state index >= 15 is 0 Å². The van der Waals surface area contributed by atoms with E-state index in [4.69, 9.17) is 9.84 Å². The number of nitrogens with zero attached hydrogens (tertiary/aromatic N) is 1. The van der Waals surface area contributed by atoms with Gasteiger partial charge in [0, 0.05) is 0 Å². The Morgan fingerprint density at radius 1 is 1.22 bits per heavy atom. The fourth-order valence-electron chi connectivity index (χ4n) is 1.86. The topological polar surface area (TPSA) is 42.4 Å². The van der Waals surface area contributed by atoms with Gasteiger partial charge in [0.25, 0.3) is 0 Å². The molecule has 0 radical (unpaired) electrons. The minimum absolute atomic E-state index is 0.0485. The van der Waals surface area contributed by atoms with Crippen LogP contribution in [0.15, 0.2) is 18.2 Å². The van der Waals surface area contributed by atoms with Gasteiger partial charge in [0.1, 0.15) is 17.4 Å². The fourth-order valence-corrected chi connectivity index (χ4v) is 2.70. The SMILES string of the molecule is Cc1cccc(C)c1OCc1nc(C)c(CO)s1. The zero-order valence-corrected chi connectivity index (χ0v) is 11.7. The highest BCUT2D eigenvalue weighted by molar-refractivity contribution is 7.11. The molecule has 0 fully saturated rings. The number of hydrogen-bond donors (Lipinski definition) is 1. The Kier molecular flexibility index (Phi) is 3.99. The molecule has 4 heteroatoms. The molecule has 0 aliphatic carbocycles. The Balaban J connectivity index is 2.11. The number of aromatic nitrogens is 1. The molecule has 0 saturated carbocycles. The highest BCUT2D eigenvalue weighted by Gasteiger charge is 2.09. The molecule has 0 amide bonds. The number of aryl methyl sites for hydroxylation is 3. The van der Waals surface area contributed by atoms with Crippen LogP contribution >= 0.6 is 11.3 Å². The third-order valence-corrected chi connectivity index (χ3v) is 3.94. The first-order valence-corrected chi connectivity index (χ1v) is 6.68. The van der Waals surface area contributed by atoms with E-state index in [0.29, 0.717) is 6.61 Å². The van der Waals surface area contributed by atoms with E-state index in [1.165, 1.54) is 11.3 Å². The van der Waals surface area contributed by atoms with Crippen LogP contribution in [0.5, 0.6) is 5.75 Å². The molecule has 0 aliphatic rings. The van der Waals surface area contributed by atoms with Crippen LogP contribution < -0.4 is 4.74 Å². The van der Waals surface area contributed by atoms with E-state index < -0.39 is 0 Å². The Labute approximate surface area is 111 Å². The number of rotatable bonds is 4. The predicted octanol–water partition coefficient (Wildman–Crippen LogP) is 3.14. The van der Waals surface area contributed by atoms with Crippen LogP contribution in [0, 0.1) is 20.8 Å².